The zero-order valence-electron chi connectivity index (χ0n) is 12.8. The maximum atomic E-state index is 13.9. The van der Waals surface area contributed by atoms with Crippen molar-refractivity contribution in [3.05, 3.63) is 35.9 Å². The van der Waals surface area contributed by atoms with Gasteiger partial charge in [0.1, 0.15) is 0 Å². The molecule has 1 aliphatic heterocycles. The molecule has 0 spiro atoms. The van der Waals surface area contributed by atoms with Crippen LogP contribution in [0.5, 0.6) is 0 Å². The lowest BCUT2D eigenvalue weighted by Gasteiger charge is -2.31. The number of nitrogens with one attached hydrogen (secondary N) is 2. The fraction of sp³-hybridized carbons (Fsp3) is 0.267. The van der Waals surface area contributed by atoms with Gasteiger partial charge in [-0.3, -0.25) is 19.5 Å². The molecule has 0 radical (unpaired) electrons. The molecule has 1 atom stereocenters. The van der Waals surface area contributed by atoms with Crippen LogP contribution < -0.4 is 10.6 Å². The molecule has 0 bridgehead atoms. The highest BCUT2D eigenvalue weighted by Crippen LogP contribution is 2.44. The van der Waals surface area contributed by atoms with Gasteiger partial charge in [-0.2, -0.15) is 13.2 Å². The molecule has 126 valence electrons. The number of halogens is 3. The topological polar surface area (TPSA) is 76.0 Å². The quantitative estimate of drug-likeness (QED) is 0.824. The molecule has 2 heterocycles. The van der Waals surface area contributed by atoms with Crippen molar-refractivity contribution in [2.75, 3.05) is 5.32 Å². The van der Waals surface area contributed by atoms with Crippen LogP contribution in [-0.2, 0) is 15.3 Å². The van der Waals surface area contributed by atoms with Gasteiger partial charge in [-0.1, -0.05) is 6.58 Å². The molecule has 0 saturated carbocycles. The van der Waals surface area contributed by atoms with Gasteiger partial charge in [0.05, 0.1) is 11.0 Å². The smallest absolute Gasteiger partial charge is 0.314 e. The molecule has 2 aromatic rings. The van der Waals surface area contributed by atoms with Gasteiger partial charge in [0.2, 0.25) is 11.9 Å². The van der Waals surface area contributed by atoms with E-state index in [1.807, 2.05) is 0 Å². The lowest BCUT2D eigenvalue weighted by Crippen LogP contribution is -2.63. The third kappa shape index (κ3) is 1.93. The lowest BCUT2D eigenvalue weighted by molar-refractivity contribution is -0.217. The summed E-state index contributed by atoms with van der Waals surface area (Å²) >= 11 is 0. The van der Waals surface area contributed by atoms with E-state index in [2.05, 4.69) is 16.9 Å². The van der Waals surface area contributed by atoms with E-state index in [0.29, 0.717) is 10.6 Å². The van der Waals surface area contributed by atoms with Crippen molar-refractivity contribution in [1.29, 1.82) is 0 Å². The van der Waals surface area contributed by atoms with Gasteiger partial charge in [0, 0.05) is 0 Å². The summed E-state index contributed by atoms with van der Waals surface area (Å²) in [4.78, 5) is 27.8. The van der Waals surface area contributed by atoms with Crippen molar-refractivity contribution in [3.8, 4) is 0 Å². The summed E-state index contributed by atoms with van der Waals surface area (Å²) in [6.07, 6.45) is -4.42. The molecule has 24 heavy (non-hydrogen) atoms. The predicted molar refractivity (Wildman–Crippen MR) is 80.2 cm³/mol. The number of rotatable bonds is 2. The van der Waals surface area contributed by atoms with Crippen LogP contribution in [-0.4, -0.2) is 27.5 Å². The monoisotopic (exact) mass is 338 g/mol. The van der Waals surface area contributed by atoms with E-state index in [9.17, 15) is 22.8 Å². The standard InChI is InChI=1S/C15H13F3N4O2/c1-4-11(23)21-14(15(16,17)18)12(24)20-13-19-9-5-7(2)8(3)6-10(9)22(13)14/h4-6H,1H2,2-3H3,(H,21,23)(H,19,20,24). The Balaban J connectivity index is 2.37. The van der Waals surface area contributed by atoms with Gasteiger partial charge in [0.15, 0.2) is 0 Å². The minimum atomic E-state index is -5.09. The van der Waals surface area contributed by atoms with Crippen molar-refractivity contribution < 1.29 is 22.8 Å². The second-order valence-corrected chi connectivity index (χ2v) is 5.55. The number of nitrogens with zero attached hydrogens (tertiary/aromatic N) is 2. The zero-order valence-corrected chi connectivity index (χ0v) is 12.8. The number of aryl methyl sites for hydroxylation is 2. The Kier molecular flexibility index (Phi) is 3.22. The minimum Gasteiger partial charge on any atom is -0.314 e. The summed E-state index contributed by atoms with van der Waals surface area (Å²) in [5.74, 6) is -2.82. The number of benzene rings is 1. The normalized spacial score (nSPS) is 20.0. The Morgan fingerprint density at radius 2 is 2.00 bits per heavy atom. The molecule has 1 unspecified atom stereocenters. The summed E-state index contributed by atoms with van der Waals surface area (Å²) in [5.41, 5.74) is -1.32. The number of aromatic nitrogens is 2. The molecule has 1 aromatic carbocycles. The van der Waals surface area contributed by atoms with Crippen molar-refractivity contribution in [2.24, 2.45) is 0 Å². The molecule has 0 fully saturated rings. The Labute approximate surface area is 134 Å². The number of carbonyl (C=O) groups excluding carboxylic acids is 2. The van der Waals surface area contributed by atoms with E-state index in [1.54, 1.807) is 25.2 Å². The Morgan fingerprint density at radius 3 is 2.58 bits per heavy atom. The number of imidazole rings is 1. The van der Waals surface area contributed by atoms with E-state index in [1.165, 1.54) is 6.07 Å². The summed E-state index contributed by atoms with van der Waals surface area (Å²) < 4.78 is 42.3. The van der Waals surface area contributed by atoms with E-state index < -0.39 is 23.7 Å². The lowest BCUT2D eigenvalue weighted by atomic mass is 10.1. The highest BCUT2D eigenvalue weighted by molar-refractivity contribution is 6.06. The summed E-state index contributed by atoms with van der Waals surface area (Å²) in [6, 6.07) is 3.13. The maximum Gasteiger partial charge on any atom is 0.440 e. The molecule has 0 aliphatic carbocycles. The van der Waals surface area contributed by atoms with Gasteiger partial charge in [0.25, 0.3) is 11.6 Å². The van der Waals surface area contributed by atoms with Crippen LogP contribution >= 0.6 is 0 Å². The van der Waals surface area contributed by atoms with Gasteiger partial charge in [-0.05, 0) is 43.2 Å². The maximum absolute atomic E-state index is 13.9. The van der Waals surface area contributed by atoms with Gasteiger partial charge in [-0.15, -0.1) is 0 Å². The first-order chi connectivity index (χ1) is 11.1. The van der Waals surface area contributed by atoms with Crippen molar-refractivity contribution in [2.45, 2.75) is 25.7 Å². The van der Waals surface area contributed by atoms with Crippen LogP contribution in [0.1, 0.15) is 11.1 Å². The first kappa shape index (κ1) is 16.0. The number of hydrogen-bond acceptors (Lipinski definition) is 3. The average molecular weight is 338 g/mol. The first-order valence-corrected chi connectivity index (χ1v) is 6.94. The number of anilines is 1. The SMILES string of the molecule is C=CC(=O)NC1(C(F)(F)F)C(=O)Nc2nc3cc(C)c(C)cc3n21. The largest absolute Gasteiger partial charge is 0.440 e. The highest BCUT2D eigenvalue weighted by Gasteiger charge is 2.67. The molecule has 6 nitrogen and oxygen atoms in total. The summed E-state index contributed by atoms with van der Waals surface area (Å²) in [7, 11) is 0. The average Bonchev–Trinajstić information content (AvgIpc) is 2.94. The van der Waals surface area contributed by atoms with Gasteiger partial charge >= 0.3 is 6.18 Å². The highest BCUT2D eigenvalue weighted by atomic mass is 19.4. The van der Waals surface area contributed by atoms with Gasteiger partial charge < -0.3 is 5.32 Å². The fourth-order valence-electron chi connectivity index (χ4n) is 2.72. The molecular weight excluding hydrogens is 325 g/mol. The van der Waals surface area contributed by atoms with Crippen LogP contribution in [0.15, 0.2) is 24.8 Å². The molecule has 2 N–H and O–H groups in total. The molecule has 2 amide bonds. The van der Waals surface area contributed by atoms with Crippen LogP contribution in [0.2, 0.25) is 0 Å². The second-order valence-electron chi connectivity index (χ2n) is 5.55. The number of alkyl halides is 3. The molecule has 1 aromatic heterocycles. The summed E-state index contributed by atoms with van der Waals surface area (Å²) in [6.45, 7) is 6.67. The van der Waals surface area contributed by atoms with Crippen LogP contribution in [0.4, 0.5) is 19.1 Å². The molecule has 3 rings (SSSR count). The van der Waals surface area contributed by atoms with E-state index >= 15 is 0 Å². The van der Waals surface area contributed by atoms with Crippen molar-refractivity contribution >= 4 is 28.8 Å². The number of carbonyl (C=O) groups is 2. The number of amides is 2. The molecule has 1 aliphatic rings. The van der Waals surface area contributed by atoms with Crippen molar-refractivity contribution in [1.82, 2.24) is 14.9 Å². The summed E-state index contributed by atoms with van der Waals surface area (Å²) in [5, 5.41) is 3.83. The Bertz CT molecular complexity index is 900. The van der Waals surface area contributed by atoms with E-state index in [0.717, 1.165) is 11.1 Å². The van der Waals surface area contributed by atoms with Crippen LogP contribution in [0, 0.1) is 13.8 Å². The molecule has 0 saturated heterocycles. The van der Waals surface area contributed by atoms with Crippen molar-refractivity contribution in [3.63, 3.8) is 0 Å². The van der Waals surface area contributed by atoms with Gasteiger partial charge in [-0.25, -0.2) is 4.98 Å². The minimum absolute atomic E-state index is 0.0909. The second kappa shape index (κ2) is 4.83. The predicted octanol–water partition coefficient (Wildman–Crippen LogP) is 2.12. The van der Waals surface area contributed by atoms with Crippen LogP contribution in [0.25, 0.3) is 11.0 Å². The Hall–Kier alpha value is -2.84. The fourth-order valence-corrected chi connectivity index (χ4v) is 2.72. The van der Waals surface area contributed by atoms with Crippen LogP contribution in [0.3, 0.4) is 0 Å². The molecular formula is C15H13F3N4O2. The third-order valence-electron chi connectivity index (χ3n) is 4.06. The zero-order chi connectivity index (χ0) is 17.9. The third-order valence-corrected chi connectivity index (χ3v) is 4.06. The number of hydrogen-bond donors (Lipinski definition) is 2. The Morgan fingerprint density at radius 1 is 1.38 bits per heavy atom. The molecule has 9 heteroatoms. The number of fused-ring (bicyclic) bond motifs is 3. The first-order valence-electron chi connectivity index (χ1n) is 6.94. The van der Waals surface area contributed by atoms with E-state index in [4.69, 9.17) is 0 Å². The van der Waals surface area contributed by atoms with E-state index in [-0.39, 0.29) is 17.0 Å².